The lowest BCUT2D eigenvalue weighted by Crippen LogP contribution is -2.31. The van der Waals surface area contributed by atoms with Crippen LogP contribution < -0.4 is 5.32 Å². The Balaban J connectivity index is 1.75. The van der Waals surface area contributed by atoms with E-state index in [0.717, 1.165) is 18.3 Å². The van der Waals surface area contributed by atoms with Crippen LogP contribution in [-0.4, -0.2) is 36.4 Å². The van der Waals surface area contributed by atoms with Gasteiger partial charge in [0.05, 0.1) is 19.1 Å². The molecular formula is C11H17N3O2. The summed E-state index contributed by atoms with van der Waals surface area (Å²) in [5.74, 6) is 2.38. The highest BCUT2D eigenvalue weighted by Gasteiger charge is 2.34. The van der Waals surface area contributed by atoms with Gasteiger partial charge in [0.2, 0.25) is 5.89 Å². The third kappa shape index (κ3) is 1.64. The fraction of sp³-hybridized carbons (Fsp3) is 0.818. The van der Waals surface area contributed by atoms with Crippen molar-refractivity contribution >= 4 is 0 Å². The molecule has 0 amide bonds. The molecule has 1 aromatic heterocycles. The van der Waals surface area contributed by atoms with E-state index in [0.29, 0.717) is 18.6 Å². The summed E-state index contributed by atoms with van der Waals surface area (Å²) < 4.78 is 10.8. The molecule has 2 unspecified atom stereocenters. The topological polar surface area (TPSA) is 60.2 Å². The molecular weight excluding hydrogens is 206 g/mol. The number of hydrogen-bond donors (Lipinski definition) is 1. The summed E-state index contributed by atoms with van der Waals surface area (Å²) in [4.78, 5) is 4.51. The summed E-state index contributed by atoms with van der Waals surface area (Å²) in [7, 11) is 1.94. The second kappa shape index (κ2) is 4.14. The minimum absolute atomic E-state index is 0.214. The normalized spacial score (nSPS) is 30.6. The number of nitrogens with zero attached hydrogens (tertiary/aromatic N) is 2. The number of ether oxygens (including phenoxy) is 1. The first-order chi connectivity index (χ1) is 7.88. The first-order valence-electron chi connectivity index (χ1n) is 5.97. The number of nitrogens with one attached hydrogen (secondary N) is 1. The van der Waals surface area contributed by atoms with E-state index in [1.807, 2.05) is 7.05 Å². The molecule has 2 aliphatic rings. The van der Waals surface area contributed by atoms with Crippen LogP contribution in [0.4, 0.5) is 0 Å². The van der Waals surface area contributed by atoms with Crippen molar-refractivity contribution in [1.29, 1.82) is 0 Å². The number of hydrogen-bond acceptors (Lipinski definition) is 5. The van der Waals surface area contributed by atoms with Crippen LogP contribution in [0.2, 0.25) is 0 Å². The van der Waals surface area contributed by atoms with Crippen molar-refractivity contribution in [3.8, 4) is 0 Å². The van der Waals surface area contributed by atoms with Crippen molar-refractivity contribution in [3.63, 3.8) is 0 Å². The average molecular weight is 223 g/mol. The van der Waals surface area contributed by atoms with Gasteiger partial charge < -0.3 is 14.6 Å². The maximum Gasteiger partial charge on any atom is 0.233 e. The van der Waals surface area contributed by atoms with Gasteiger partial charge >= 0.3 is 0 Å². The minimum atomic E-state index is 0.214. The van der Waals surface area contributed by atoms with Gasteiger partial charge in [-0.3, -0.25) is 0 Å². The van der Waals surface area contributed by atoms with Gasteiger partial charge in [0.15, 0.2) is 5.82 Å². The van der Waals surface area contributed by atoms with Crippen molar-refractivity contribution in [2.24, 2.45) is 0 Å². The maximum atomic E-state index is 5.43. The number of rotatable bonds is 3. The molecule has 1 aliphatic heterocycles. The van der Waals surface area contributed by atoms with E-state index in [-0.39, 0.29) is 5.92 Å². The molecule has 2 heterocycles. The van der Waals surface area contributed by atoms with Gasteiger partial charge in [-0.15, -0.1) is 0 Å². The summed E-state index contributed by atoms with van der Waals surface area (Å²) in [6.45, 7) is 1.40. The van der Waals surface area contributed by atoms with Crippen LogP contribution >= 0.6 is 0 Å². The summed E-state index contributed by atoms with van der Waals surface area (Å²) >= 11 is 0. The predicted octanol–water partition coefficient (Wildman–Crippen LogP) is 1.04. The van der Waals surface area contributed by atoms with Gasteiger partial charge in [0.1, 0.15) is 0 Å². The van der Waals surface area contributed by atoms with Crippen molar-refractivity contribution < 1.29 is 9.26 Å². The first kappa shape index (κ1) is 10.2. The zero-order chi connectivity index (χ0) is 11.0. The van der Waals surface area contributed by atoms with E-state index >= 15 is 0 Å². The Morgan fingerprint density at radius 3 is 2.88 bits per heavy atom. The highest BCUT2D eigenvalue weighted by molar-refractivity contribution is 5.06. The lowest BCUT2D eigenvalue weighted by atomic mass is 9.85. The van der Waals surface area contributed by atoms with Gasteiger partial charge in [0.25, 0.3) is 0 Å². The highest BCUT2D eigenvalue weighted by Crippen LogP contribution is 2.35. The summed E-state index contributed by atoms with van der Waals surface area (Å²) in [5, 5.41) is 7.31. The lowest BCUT2D eigenvalue weighted by Gasteiger charge is -2.21. The molecule has 1 aromatic rings. The van der Waals surface area contributed by atoms with Crippen molar-refractivity contribution in [2.75, 3.05) is 20.3 Å². The fourth-order valence-electron chi connectivity index (χ4n) is 2.31. The van der Waals surface area contributed by atoms with Crippen molar-refractivity contribution in [3.05, 3.63) is 11.7 Å². The van der Waals surface area contributed by atoms with E-state index in [9.17, 15) is 0 Å². The summed E-state index contributed by atoms with van der Waals surface area (Å²) in [6, 6.07) is 0.301. The molecule has 88 valence electrons. The molecule has 2 fully saturated rings. The molecule has 1 N–H and O–H groups in total. The molecule has 1 saturated heterocycles. The Labute approximate surface area is 94.6 Å². The molecule has 0 radical (unpaired) electrons. The van der Waals surface area contributed by atoms with E-state index < -0.39 is 0 Å². The molecule has 0 aromatic carbocycles. The third-order valence-electron chi connectivity index (χ3n) is 3.70. The molecule has 5 heteroatoms. The molecule has 1 saturated carbocycles. The average Bonchev–Trinajstić information content (AvgIpc) is 2.81. The van der Waals surface area contributed by atoms with Crippen LogP contribution in [0.25, 0.3) is 0 Å². The summed E-state index contributed by atoms with van der Waals surface area (Å²) in [5.41, 5.74) is 0. The number of aromatic nitrogens is 2. The second-order valence-corrected chi connectivity index (χ2v) is 4.66. The maximum absolute atomic E-state index is 5.43. The smallest absolute Gasteiger partial charge is 0.233 e. The largest absolute Gasteiger partial charge is 0.379 e. The van der Waals surface area contributed by atoms with Crippen LogP contribution in [0, 0.1) is 0 Å². The van der Waals surface area contributed by atoms with Gasteiger partial charge in [-0.05, 0) is 19.9 Å². The Bertz CT molecular complexity index is 362. The SMILES string of the molecule is CNC1COCC1c1nc(C2CCC2)no1. The zero-order valence-corrected chi connectivity index (χ0v) is 9.48. The predicted molar refractivity (Wildman–Crippen MR) is 57.3 cm³/mol. The van der Waals surface area contributed by atoms with Crippen LogP contribution in [0.1, 0.15) is 42.8 Å². The molecule has 1 aliphatic carbocycles. The summed E-state index contributed by atoms with van der Waals surface area (Å²) in [6.07, 6.45) is 3.70. The van der Waals surface area contributed by atoms with Crippen LogP contribution in [0.15, 0.2) is 4.52 Å². The Morgan fingerprint density at radius 2 is 2.19 bits per heavy atom. The van der Waals surface area contributed by atoms with E-state index in [1.54, 1.807) is 0 Å². The standard InChI is InChI=1S/C11H17N3O2/c1-12-9-6-15-5-8(9)11-13-10(14-16-11)7-3-2-4-7/h7-9,12H,2-6H2,1H3. The Kier molecular flexibility index (Phi) is 2.65. The fourth-order valence-corrected chi connectivity index (χ4v) is 2.31. The second-order valence-electron chi connectivity index (χ2n) is 4.66. The molecule has 5 nitrogen and oxygen atoms in total. The molecule has 3 rings (SSSR count). The quantitative estimate of drug-likeness (QED) is 0.829. The van der Waals surface area contributed by atoms with Crippen LogP contribution in [0.3, 0.4) is 0 Å². The van der Waals surface area contributed by atoms with Gasteiger partial charge in [-0.2, -0.15) is 4.98 Å². The molecule has 2 atom stereocenters. The first-order valence-corrected chi connectivity index (χ1v) is 5.97. The monoisotopic (exact) mass is 223 g/mol. The molecule has 0 spiro atoms. The van der Waals surface area contributed by atoms with Gasteiger partial charge in [0, 0.05) is 12.0 Å². The highest BCUT2D eigenvalue weighted by atomic mass is 16.5. The zero-order valence-electron chi connectivity index (χ0n) is 9.48. The van der Waals surface area contributed by atoms with E-state index in [2.05, 4.69) is 15.5 Å². The third-order valence-corrected chi connectivity index (χ3v) is 3.70. The Morgan fingerprint density at radius 1 is 1.31 bits per heavy atom. The molecule has 16 heavy (non-hydrogen) atoms. The van der Waals surface area contributed by atoms with Crippen LogP contribution in [-0.2, 0) is 4.74 Å². The molecule has 0 bridgehead atoms. The van der Waals surface area contributed by atoms with Crippen molar-refractivity contribution in [2.45, 2.75) is 37.1 Å². The minimum Gasteiger partial charge on any atom is -0.379 e. The number of likely N-dealkylation sites (N-methyl/N-ethyl adjacent to an activating group) is 1. The van der Waals surface area contributed by atoms with Gasteiger partial charge in [-0.1, -0.05) is 11.6 Å². The Hall–Kier alpha value is -0.940. The van der Waals surface area contributed by atoms with Crippen LogP contribution in [0.5, 0.6) is 0 Å². The van der Waals surface area contributed by atoms with E-state index in [1.165, 1.54) is 19.3 Å². The van der Waals surface area contributed by atoms with Gasteiger partial charge in [-0.25, -0.2) is 0 Å². The van der Waals surface area contributed by atoms with Crippen molar-refractivity contribution in [1.82, 2.24) is 15.5 Å². The lowest BCUT2D eigenvalue weighted by molar-refractivity contribution is 0.185. The van der Waals surface area contributed by atoms with E-state index in [4.69, 9.17) is 9.26 Å².